The highest BCUT2D eigenvalue weighted by molar-refractivity contribution is 5.57. The Bertz CT molecular complexity index is 466. The molecule has 2 nitrogen and oxygen atoms in total. The lowest BCUT2D eigenvalue weighted by Crippen LogP contribution is -2.36. The molecule has 1 aromatic carbocycles. The summed E-state index contributed by atoms with van der Waals surface area (Å²) in [5.41, 5.74) is 7.79. The third-order valence-corrected chi connectivity index (χ3v) is 5.04. The van der Waals surface area contributed by atoms with Crippen LogP contribution in [0.5, 0.6) is 0 Å². The second kappa shape index (κ2) is 5.72. The van der Waals surface area contributed by atoms with Gasteiger partial charge in [0.2, 0.25) is 0 Å². The summed E-state index contributed by atoms with van der Waals surface area (Å²) in [4.78, 5) is 2.32. The maximum Gasteiger partial charge on any atom is 0.146 e. The van der Waals surface area contributed by atoms with Gasteiger partial charge in [-0.3, -0.25) is 0 Å². The van der Waals surface area contributed by atoms with E-state index in [-0.39, 0.29) is 11.9 Å². The molecular formula is C17H25FN2. The van der Waals surface area contributed by atoms with Crippen LogP contribution in [-0.2, 0) is 0 Å². The molecule has 0 aromatic heterocycles. The van der Waals surface area contributed by atoms with E-state index >= 15 is 0 Å². The van der Waals surface area contributed by atoms with Gasteiger partial charge in [0.25, 0.3) is 0 Å². The molecule has 0 bridgehead atoms. The van der Waals surface area contributed by atoms with Crippen LogP contribution in [0, 0.1) is 11.7 Å². The summed E-state index contributed by atoms with van der Waals surface area (Å²) < 4.78 is 14.4. The third-order valence-electron chi connectivity index (χ3n) is 5.04. The van der Waals surface area contributed by atoms with Crippen LogP contribution < -0.4 is 10.6 Å². The predicted octanol–water partition coefficient (Wildman–Crippen LogP) is 4.00. The van der Waals surface area contributed by atoms with E-state index in [1.54, 1.807) is 12.1 Å². The van der Waals surface area contributed by atoms with Crippen molar-refractivity contribution in [2.45, 2.75) is 57.5 Å². The van der Waals surface area contributed by atoms with Crippen LogP contribution in [0.15, 0.2) is 18.2 Å². The highest BCUT2D eigenvalue weighted by atomic mass is 19.1. The average molecular weight is 276 g/mol. The Morgan fingerprint density at radius 3 is 2.65 bits per heavy atom. The first-order valence-corrected chi connectivity index (χ1v) is 7.99. The number of para-hydroxylation sites is 1. The fraction of sp³-hybridized carbons (Fsp3) is 0.647. The van der Waals surface area contributed by atoms with Gasteiger partial charge in [0.15, 0.2) is 0 Å². The normalized spacial score (nSPS) is 25.4. The molecule has 1 saturated heterocycles. The molecule has 0 radical (unpaired) electrons. The minimum atomic E-state index is -0.120. The molecule has 1 saturated carbocycles. The Morgan fingerprint density at radius 1 is 1.20 bits per heavy atom. The summed E-state index contributed by atoms with van der Waals surface area (Å²) in [5.74, 6) is 0.641. The number of benzene rings is 1. The summed E-state index contributed by atoms with van der Waals surface area (Å²) in [7, 11) is 0. The van der Waals surface area contributed by atoms with Crippen LogP contribution in [0.1, 0.15) is 57.1 Å². The van der Waals surface area contributed by atoms with Crippen LogP contribution >= 0.6 is 0 Å². The van der Waals surface area contributed by atoms with Crippen molar-refractivity contribution in [1.82, 2.24) is 0 Å². The zero-order valence-electron chi connectivity index (χ0n) is 12.3. The van der Waals surface area contributed by atoms with E-state index in [1.807, 2.05) is 13.0 Å². The molecule has 1 unspecified atom stereocenters. The van der Waals surface area contributed by atoms with Crippen LogP contribution in [-0.4, -0.2) is 12.6 Å². The molecule has 3 rings (SSSR count). The van der Waals surface area contributed by atoms with Crippen LogP contribution in [0.25, 0.3) is 0 Å². The van der Waals surface area contributed by atoms with E-state index in [0.717, 1.165) is 23.7 Å². The fourth-order valence-corrected chi connectivity index (χ4v) is 4.10. The van der Waals surface area contributed by atoms with Crippen LogP contribution in [0.3, 0.4) is 0 Å². The summed E-state index contributed by atoms with van der Waals surface area (Å²) in [6, 6.07) is 5.73. The van der Waals surface area contributed by atoms with Crippen molar-refractivity contribution in [3.8, 4) is 0 Å². The first-order valence-electron chi connectivity index (χ1n) is 7.99. The Morgan fingerprint density at radius 2 is 1.95 bits per heavy atom. The van der Waals surface area contributed by atoms with Gasteiger partial charge in [-0.1, -0.05) is 25.0 Å². The lowest BCUT2D eigenvalue weighted by atomic mass is 9.94. The van der Waals surface area contributed by atoms with E-state index in [4.69, 9.17) is 5.73 Å². The van der Waals surface area contributed by atoms with Crippen molar-refractivity contribution in [2.24, 2.45) is 11.7 Å². The topological polar surface area (TPSA) is 29.3 Å². The average Bonchev–Trinajstić information content (AvgIpc) is 3.08. The van der Waals surface area contributed by atoms with E-state index in [0.29, 0.717) is 6.04 Å². The van der Waals surface area contributed by atoms with Crippen molar-refractivity contribution >= 4 is 5.69 Å². The molecule has 2 aliphatic rings. The molecule has 3 heteroatoms. The van der Waals surface area contributed by atoms with Gasteiger partial charge < -0.3 is 10.6 Å². The van der Waals surface area contributed by atoms with E-state index in [1.165, 1.54) is 38.5 Å². The van der Waals surface area contributed by atoms with Gasteiger partial charge in [0, 0.05) is 18.6 Å². The van der Waals surface area contributed by atoms with Gasteiger partial charge in [0.1, 0.15) is 5.82 Å². The molecule has 1 aromatic rings. The van der Waals surface area contributed by atoms with Crippen molar-refractivity contribution in [3.63, 3.8) is 0 Å². The van der Waals surface area contributed by atoms with Gasteiger partial charge in [-0.05, 0) is 50.2 Å². The minimum absolute atomic E-state index is 0.107. The van der Waals surface area contributed by atoms with Gasteiger partial charge >= 0.3 is 0 Å². The number of halogens is 1. The van der Waals surface area contributed by atoms with E-state index in [2.05, 4.69) is 4.90 Å². The van der Waals surface area contributed by atoms with Crippen molar-refractivity contribution in [3.05, 3.63) is 29.6 Å². The van der Waals surface area contributed by atoms with Gasteiger partial charge in [-0.2, -0.15) is 0 Å². The highest BCUT2D eigenvalue weighted by Crippen LogP contribution is 2.40. The summed E-state index contributed by atoms with van der Waals surface area (Å²) in [6.45, 7) is 2.92. The molecule has 1 aliphatic carbocycles. The molecule has 20 heavy (non-hydrogen) atoms. The summed E-state index contributed by atoms with van der Waals surface area (Å²) in [6.07, 6.45) is 7.68. The standard InChI is InChI=1S/C17H25FN2/c1-12(19)14-8-4-9-15(18)17(14)20-11-5-10-16(20)13-6-2-3-7-13/h4,8-9,12-13,16H,2-3,5-7,10-11,19H2,1H3/t12-,16?/m1/s1. The van der Waals surface area contributed by atoms with Gasteiger partial charge in [-0.25, -0.2) is 4.39 Å². The number of hydrogen-bond acceptors (Lipinski definition) is 2. The molecule has 2 N–H and O–H groups in total. The summed E-state index contributed by atoms with van der Waals surface area (Å²) in [5, 5.41) is 0. The molecule has 1 aliphatic heterocycles. The van der Waals surface area contributed by atoms with Crippen molar-refractivity contribution in [2.75, 3.05) is 11.4 Å². The zero-order valence-corrected chi connectivity index (χ0v) is 12.3. The van der Waals surface area contributed by atoms with Crippen molar-refractivity contribution in [1.29, 1.82) is 0 Å². The molecule has 1 heterocycles. The van der Waals surface area contributed by atoms with Crippen LogP contribution in [0.4, 0.5) is 10.1 Å². The van der Waals surface area contributed by atoms with Gasteiger partial charge in [0.05, 0.1) is 5.69 Å². The van der Waals surface area contributed by atoms with Gasteiger partial charge in [-0.15, -0.1) is 0 Å². The third kappa shape index (κ3) is 2.44. The summed E-state index contributed by atoms with van der Waals surface area (Å²) >= 11 is 0. The smallest absolute Gasteiger partial charge is 0.146 e. The fourth-order valence-electron chi connectivity index (χ4n) is 4.10. The monoisotopic (exact) mass is 276 g/mol. The number of nitrogens with zero attached hydrogens (tertiary/aromatic N) is 1. The largest absolute Gasteiger partial charge is 0.366 e. The highest BCUT2D eigenvalue weighted by Gasteiger charge is 2.35. The Labute approximate surface area is 121 Å². The maximum absolute atomic E-state index is 14.4. The second-order valence-corrected chi connectivity index (χ2v) is 6.41. The van der Waals surface area contributed by atoms with E-state index in [9.17, 15) is 4.39 Å². The molecule has 0 spiro atoms. The van der Waals surface area contributed by atoms with Crippen molar-refractivity contribution < 1.29 is 4.39 Å². The van der Waals surface area contributed by atoms with E-state index < -0.39 is 0 Å². The molecule has 2 fully saturated rings. The minimum Gasteiger partial charge on any atom is -0.366 e. The van der Waals surface area contributed by atoms with Crippen LogP contribution in [0.2, 0.25) is 0 Å². The Kier molecular flexibility index (Phi) is 3.97. The lowest BCUT2D eigenvalue weighted by Gasteiger charge is -2.33. The number of hydrogen-bond donors (Lipinski definition) is 1. The maximum atomic E-state index is 14.4. The number of nitrogens with two attached hydrogens (primary N) is 1. The first-order chi connectivity index (χ1) is 9.68. The SMILES string of the molecule is C[C@@H](N)c1cccc(F)c1N1CCCC1C1CCCC1. The molecule has 110 valence electrons. The Balaban J connectivity index is 1.94. The molecule has 2 atom stereocenters. The number of rotatable bonds is 3. The number of anilines is 1. The molecular weight excluding hydrogens is 251 g/mol. The quantitative estimate of drug-likeness (QED) is 0.904. The molecule has 0 amide bonds. The second-order valence-electron chi connectivity index (χ2n) is 6.41. The predicted molar refractivity (Wildman–Crippen MR) is 81.3 cm³/mol. The zero-order chi connectivity index (χ0) is 14.1. The first kappa shape index (κ1) is 13.9. The lowest BCUT2D eigenvalue weighted by molar-refractivity contribution is 0.426. The Hall–Kier alpha value is -1.09.